The highest BCUT2D eigenvalue weighted by atomic mass is 32.1. The summed E-state index contributed by atoms with van der Waals surface area (Å²) in [5.41, 5.74) is 12.2. The van der Waals surface area contributed by atoms with Crippen molar-refractivity contribution in [2.75, 3.05) is 0 Å². The van der Waals surface area contributed by atoms with Crippen molar-refractivity contribution in [1.82, 2.24) is 9.55 Å². The predicted molar refractivity (Wildman–Crippen MR) is 149 cm³/mol. The number of hydrogen-bond acceptors (Lipinski definition) is 2. The summed E-state index contributed by atoms with van der Waals surface area (Å²) in [5.74, 6) is 0. The molecule has 2 heterocycles. The molecule has 0 amide bonds. The maximum Gasteiger partial charge on any atom is 0.0813 e. The Morgan fingerprint density at radius 3 is 2.43 bits per heavy atom. The molecule has 0 atom stereocenters. The fourth-order valence-corrected chi connectivity index (χ4v) is 7.12. The maximum absolute atomic E-state index is 4.50. The normalized spacial score (nSPS) is 14.2. The van der Waals surface area contributed by atoms with E-state index in [9.17, 15) is 0 Å². The Morgan fingerprint density at radius 1 is 0.714 bits per heavy atom. The molecule has 0 N–H and O–H groups in total. The van der Waals surface area contributed by atoms with E-state index >= 15 is 0 Å². The number of benzene rings is 5. The van der Waals surface area contributed by atoms with Crippen LogP contribution in [0.2, 0.25) is 0 Å². The molecule has 2 nitrogen and oxygen atoms in total. The molecule has 1 aliphatic carbocycles. The zero-order valence-electron chi connectivity index (χ0n) is 19.5. The van der Waals surface area contributed by atoms with Gasteiger partial charge in [0, 0.05) is 27.3 Å². The number of aromatic nitrogens is 2. The van der Waals surface area contributed by atoms with Crippen LogP contribution in [0, 0.1) is 0 Å². The molecule has 0 bridgehead atoms. The van der Waals surface area contributed by atoms with Gasteiger partial charge in [-0.05, 0) is 51.9 Å². The summed E-state index contributed by atoms with van der Waals surface area (Å²) in [6.07, 6.45) is 0. The Kier molecular flexibility index (Phi) is 3.64. The van der Waals surface area contributed by atoms with Gasteiger partial charge in [0.15, 0.2) is 0 Å². The summed E-state index contributed by atoms with van der Waals surface area (Å²) < 4.78 is 3.67. The van der Waals surface area contributed by atoms with E-state index in [1.54, 1.807) is 11.3 Å². The monoisotopic (exact) mass is 466 g/mol. The third kappa shape index (κ3) is 2.41. The molecule has 8 rings (SSSR count). The fraction of sp³-hybridized carbons (Fsp3) is 0.0938. The first kappa shape index (κ1) is 19.4. The van der Waals surface area contributed by atoms with E-state index < -0.39 is 0 Å². The Labute approximate surface area is 207 Å². The fourth-order valence-electron chi connectivity index (χ4n) is 6.41. The van der Waals surface area contributed by atoms with Crippen LogP contribution in [-0.4, -0.2) is 9.55 Å². The van der Waals surface area contributed by atoms with Crippen LogP contribution in [0.5, 0.6) is 0 Å². The van der Waals surface area contributed by atoms with Crippen molar-refractivity contribution in [3.63, 3.8) is 0 Å². The zero-order chi connectivity index (χ0) is 23.3. The van der Waals surface area contributed by atoms with E-state index in [4.69, 9.17) is 0 Å². The molecule has 0 spiro atoms. The number of hydrogen-bond donors (Lipinski definition) is 0. The number of para-hydroxylation sites is 1. The molecule has 7 aromatic rings. The van der Waals surface area contributed by atoms with E-state index in [0.717, 1.165) is 5.52 Å². The Balaban J connectivity index is 1.55. The molecule has 166 valence electrons. The highest BCUT2D eigenvalue weighted by Crippen LogP contribution is 2.52. The number of rotatable bonds is 1. The Morgan fingerprint density at radius 2 is 1.49 bits per heavy atom. The van der Waals surface area contributed by atoms with E-state index in [-0.39, 0.29) is 5.41 Å². The second-order valence-corrected chi connectivity index (χ2v) is 11.0. The quantitative estimate of drug-likeness (QED) is 0.236. The molecule has 0 unspecified atom stereocenters. The molecule has 3 heteroatoms. The van der Waals surface area contributed by atoms with Gasteiger partial charge < -0.3 is 4.57 Å². The van der Waals surface area contributed by atoms with Crippen molar-refractivity contribution >= 4 is 54.1 Å². The minimum Gasteiger partial charge on any atom is -0.309 e. The van der Waals surface area contributed by atoms with Gasteiger partial charge in [-0.25, -0.2) is 4.98 Å². The van der Waals surface area contributed by atoms with Crippen LogP contribution >= 0.6 is 11.3 Å². The van der Waals surface area contributed by atoms with E-state index in [0.29, 0.717) is 0 Å². The molecule has 5 aromatic carbocycles. The molecule has 0 fully saturated rings. The summed E-state index contributed by atoms with van der Waals surface area (Å²) in [7, 11) is 0. The van der Waals surface area contributed by atoms with Crippen molar-refractivity contribution in [2.45, 2.75) is 19.3 Å². The largest absolute Gasteiger partial charge is 0.309 e. The van der Waals surface area contributed by atoms with Crippen LogP contribution in [0.4, 0.5) is 0 Å². The number of nitrogens with zero attached hydrogens (tertiary/aromatic N) is 2. The lowest BCUT2D eigenvalue weighted by atomic mass is 9.80. The van der Waals surface area contributed by atoms with Gasteiger partial charge in [0.1, 0.15) is 0 Å². The lowest BCUT2D eigenvalue weighted by Gasteiger charge is -2.23. The first-order valence-corrected chi connectivity index (χ1v) is 12.9. The summed E-state index contributed by atoms with van der Waals surface area (Å²) in [6.45, 7) is 4.74. The van der Waals surface area contributed by atoms with Crippen LogP contribution in [-0.2, 0) is 5.41 Å². The lowest BCUT2D eigenvalue weighted by Crippen LogP contribution is -2.15. The smallest absolute Gasteiger partial charge is 0.0813 e. The van der Waals surface area contributed by atoms with Crippen molar-refractivity contribution in [2.24, 2.45) is 0 Å². The summed E-state index contributed by atoms with van der Waals surface area (Å²) in [6, 6.07) is 33.7. The van der Waals surface area contributed by atoms with Crippen molar-refractivity contribution in [1.29, 1.82) is 0 Å². The van der Waals surface area contributed by atoms with Crippen LogP contribution in [0.25, 0.3) is 59.6 Å². The molecular formula is C32H22N2S. The second kappa shape index (κ2) is 6.59. The first-order chi connectivity index (χ1) is 17.1. The standard InChI is InChI=1S/C32H22N2S/c1-32(2)26-9-5-3-7-20(26)22-12-15-25-23(30(22)32)13-14-24-21-8-4-6-10-28(21)34(31(24)25)19-11-16-27-29(17-19)35-18-33-27/h3-18H,1-2H3. The minimum atomic E-state index is -0.0441. The van der Waals surface area contributed by atoms with E-state index in [1.807, 2.05) is 5.51 Å². The van der Waals surface area contributed by atoms with E-state index in [2.05, 4.69) is 114 Å². The van der Waals surface area contributed by atoms with Gasteiger partial charge in [-0.15, -0.1) is 11.3 Å². The van der Waals surface area contributed by atoms with E-state index in [1.165, 1.54) is 65.2 Å². The van der Waals surface area contributed by atoms with Crippen LogP contribution < -0.4 is 0 Å². The number of thiazole rings is 1. The summed E-state index contributed by atoms with van der Waals surface area (Å²) in [4.78, 5) is 4.50. The second-order valence-electron chi connectivity index (χ2n) is 10.1. The van der Waals surface area contributed by atoms with Gasteiger partial charge in [0.25, 0.3) is 0 Å². The van der Waals surface area contributed by atoms with Gasteiger partial charge in [0.2, 0.25) is 0 Å². The summed E-state index contributed by atoms with van der Waals surface area (Å²) >= 11 is 1.70. The van der Waals surface area contributed by atoms with Gasteiger partial charge in [-0.2, -0.15) is 0 Å². The molecule has 0 saturated heterocycles. The SMILES string of the molecule is CC1(C)c2ccccc2-c2ccc3c(ccc4c5ccccc5n(-c5ccc6ncsc6c5)c34)c21. The van der Waals surface area contributed by atoms with Gasteiger partial charge in [0.05, 0.1) is 26.8 Å². The van der Waals surface area contributed by atoms with Crippen LogP contribution in [0.15, 0.2) is 96.5 Å². The topological polar surface area (TPSA) is 17.8 Å². The average Bonchev–Trinajstić information content (AvgIpc) is 3.55. The van der Waals surface area contributed by atoms with Crippen molar-refractivity contribution in [3.05, 3.63) is 108 Å². The zero-order valence-corrected chi connectivity index (χ0v) is 20.4. The van der Waals surface area contributed by atoms with Crippen molar-refractivity contribution in [3.8, 4) is 16.8 Å². The van der Waals surface area contributed by atoms with Crippen molar-refractivity contribution < 1.29 is 0 Å². The average molecular weight is 467 g/mol. The highest BCUT2D eigenvalue weighted by molar-refractivity contribution is 7.16. The van der Waals surface area contributed by atoms with Crippen LogP contribution in [0.1, 0.15) is 25.0 Å². The first-order valence-electron chi connectivity index (χ1n) is 12.1. The lowest BCUT2D eigenvalue weighted by molar-refractivity contribution is 0.666. The third-order valence-corrected chi connectivity index (χ3v) is 8.71. The van der Waals surface area contributed by atoms with Gasteiger partial charge >= 0.3 is 0 Å². The highest BCUT2D eigenvalue weighted by Gasteiger charge is 2.36. The third-order valence-electron chi connectivity index (χ3n) is 7.92. The molecule has 0 radical (unpaired) electrons. The number of fused-ring (bicyclic) bond motifs is 10. The molecular weight excluding hydrogens is 444 g/mol. The van der Waals surface area contributed by atoms with Gasteiger partial charge in [-0.3, -0.25) is 0 Å². The Hall–Kier alpha value is -3.95. The minimum absolute atomic E-state index is 0.0441. The molecule has 1 aliphatic rings. The predicted octanol–water partition coefficient (Wildman–Crippen LogP) is 8.85. The maximum atomic E-state index is 4.50. The Bertz CT molecular complexity index is 1990. The van der Waals surface area contributed by atoms with Crippen LogP contribution in [0.3, 0.4) is 0 Å². The molecule has 2 aromatic heterocycles. The summed E-state index contributed by atoms with van der Waals surface area (Å²) in [5, 5.41) is 5.24. The molecule has 35 heavy (non-hydrogen) atoms. The molecule has 0 saturated carbocycles. The molecule has 0 aliphatic heterocycles. The van der Waals surface area contributed by atoms with Gasteiger partial charge in [-0.1, -0.05) is 80.6 Å².